The van der Waals surface area contributed by atoms with E-state index in [4.69, 9.17) is 9.47 Å². The first-order chi connectivity index (χ1) is 11.6. The van der Waals surface area contributed by atoms with Crippen molar-refractivity contribution in [1.29, 1.82) is 0 Å². The SMILES string of the molecule is COc1c(C)c(C)c(OC)c2c1CC(NC(=O)c1ccccc1)C2.Cl. The minimum Gasteiger partial charge on any atom is -0.496 e. The quantitative estimate of drug-likeness (QED) is 0.904. The van der Waals surface area contributed by atoms with Crippen LogP contribution >= 0.6 is 12.4 Å². The van der Waals surface area contributed by atoms with E-state index in [0.717, 1.165) is 46.6 Å². The molecule has 0 spiro atoms. The van der Waals surface area contributed by atoms with E-state index in [1.807, 2.05) is 44.2 Å². The van der Waals surface area contributed by atoms with E-state index in [1.54, 1.807) is 14.2 Å². The fourth-order valence-electron chi connectivity index (χ4n) is 3.58. The summed E-state index contributed by atoms with van der Waals surface area (Å²) in [6.07, 6.45) is 1.52. The van der Waals surface area contributed by atoms with Crippen LogP contribution in [-0.2, 0) is 12.8 Å². The number of hydrogen-bond donors (Lipinski definition) is 1. The first-order valence-corrected chi connectivity index (χ1v) is 8.15. The van der Waals surface area contributed by atoms with Gasteiger partial charge in [0.1, 0.15) is 11.5 Å². The average molecular weight is 362 g/mol. The van der Waals surface area contributed by atoms with Crippen molar-refractivity contribution in [3.8, 4) is 11.5 Å². The number of hydrogen-bond acceptors (Lipinski definition) is 3. The highest BCUT2D eigenvalue weighted by molar-refractivity contribution is 5.94. The Kier molecular flexibility index (Phi) is 5.96. The lowest BCUT2D eigenvalue weighted by atomic mass is 9.98. The van der Waals surface area contributed by atoms with E-state index in [-0.39, 0.29) is 24.4 Å². The molecule has 0 radical (unpaired) electrons. The zero-order valence-corrected chi connectivity index (χ0v) is 15.8. The number of benzene rings is 2. The number of carbonyl (C=O) groups is 1. The lowest BCUT2D eigenvalue weighted by Crippen LogP contribution is -2.35. The molecule has 3 rings (SSSR count). The number of fused-ring (bicyclic) bond motifs is 1. The summed E-state index contributed by atoms with van der Waals surface area (Å²) >= 11 is 0. The molecule has 2 aromatic carbocycles. The summed E-state index contributed by atoms with van der Waals surface area (Å²) in [5.74, 6) is 1.79. The van der Waals surface area contributed by atoms with E-state index < -0.39 is 0 Å². The Bertz CT molecular complexity index is 736. The highest BCUT2D eigenvalue weighted by atomic mass is 35.5. The van der Waals surface area contributed by atoms with Gasteiger partial charge in [0.05, 0.1) is 14.2 Å². The van der Waals surface area contributed by atoms with Crippen molar-refractivity contribution >= 4 is 18.3 Å². The summed E-state index contributed by atoms with van der Waals surface area (Å²) in [5, 5.41) is 3.13. The van der Waals surface area contributed by atoms with Crippen LogP contribution in [-0.4, -0.2) is 26.2 Å². The Morgan fingerprint density at radius 3 is 1.88 bits per heavy atom. The lowest BCUT2D eigenvalue weighted by molar-refractivity contribution is 0.0938. The molecule has 25 heavy (non-hydrogen) atoms. The summed E-state index contributed by atoms with van der Waals surface area (Å²) in [5.41, 5.74) is 5.18. The topological polar surface area (TPSA) is 47.6 Å². The summed E-state index contributed by atoms with van der Waals surface area (Å²) in [4.78, 5) is 12.4. The largest absolute Gasteiger partial charge is 0.496 e. The van der Waals surface area contributed by atoms with Crippen LogP contribution < -0.4 is 14.8 Å². The molecule has 0 aromatic heterocycles. The number of ether oxygens (including phenoxy) is 2. The summed E-state index contributed by atoms with van der Waals surface area (Å²) < 4.78 is 11.3. The smallest absolute Gasteiger partial charge is 0.251 e. The van der Waals surface area contributed by atoms with Crippen LogP contribution in [0.3, 0.4) is 0 Å². The third kappa shape index (κ3) is 3.45. The van der Waals surface area contributed by atoms with E-state index in [9.17, 15) is 4.79 Å². The molecule has 1 aliphatic carbocycles. The Hall–Kier alpha value is -2.20. The number of methoxy groups -OCH3 is 2. The van der Waals surface area contributed by atoms with Gasteiger partial charge in [0.2, 0.25) is 0 Å². The van der Waals surface area contributed by atoms with Gasteiger partial charge < -0.3 is 14.8 Å². The average Bonchev–Trinajstić information content (AvgIpc) is 3.00. The standard InChI is InChI=1S/C20H23NO3.ClH/c1-12-13(2)19(24-4)17-11-15(10-16(17)18(12)23-3)21-20(22)14-8-6-5-7-9-14;/h5-9,15H,10-11H2,1-4H3,(H,21,22);1H. The molecule has 1 N–H and O–H groups in total. The van der Waals surface area contributed by atoms with Gasteiger partial charge in [-0.1, -0.05) is 18.2 Å². The maximum atomic E-state index is 12.4. The van der Waals surface area contributed by atoms with Crippen molar-refractivity contribution in [2.24, 2.45) is 0 Å². The third-order valence-electron chi connectivity index (χ3n) is 4.84. The molecule has 0 bridgehead atoms. The van der Waals surface area contributed by atoms with Gasteiger partial charge in [-0.25, -0.2) is 0 Å². The molecule has 0 aliphatic heterocycles. The molecule has 0 atom stereocenters. The zero-order chi connectivity index (χ0) is 17.3. The Morgan fingerprint density at radius 2 is 1.44 bits per heavy atom. The van der Waals surface area contributed by atoms with Gasteiger partial charge in [0.25, 0.3) is 5.91 Å². The van der Waals surface area contributed by atoms with Crippen molar-refractivity contribution < 1.29 is 14.3 Å². The van der Waals surface area contributed by atoms with Crippen LogP contribution in [0.4, 0.5) is 0 Å². The van der Waals surface area contributed by atoms with E-state index in [1.165, 1.54) is 0 Å². The Morgan fingerprint density at radius 1 is 0.960 bits per heavy atom. The molecule has 0 fully saturated rings. The summed E-state index contributed by atoms with van der Waals surface area (Å²) in [7, 11) is 3.40. The van der Waals surface area contributed by atoms with Gasteiger partial charge >= 0.3 is 0 Å². The monoisotopic (exact) mass is 361 g/mol. The minimum absolute atomic E-state index is 0. The Labute approximate surface area is 154 Å². The predicted molar refractivity (Wildman–Crippen MR) is 101 cm³/mol. The molecule has 4 nitrogen and oxygen atoms in total. The van der Waals surface area contributed by atoms with E-state index in [0.29, 0.717) is 5.56 Å². The summed E-state index contributed by atoms with van der Waals surface area (Å²) in [6.45, 7) is 4.10. The van der Waals surface area contributed by atoms with Gasteiger partial charge in [0, 0.05) is 22.7 Å². The van der Waals surface area contributed by atoms with Crippen LogP contribution in [0.1, 0.15) is 32.6 Å². The number of halogens is 1. The molecule has 5 heteroatoms. The molecule has 0 saturated heterocycles. The molecular weight excluding hydrogens is 338 g/mol. The third-order valence-corrected chi connectivity index (χ3v) is 4.84. The number of amides is 1. The molecular formula is C20H24ClNO3. The first kappa shape index (κ1) is 19.1. The van der Waals surface area contributed by atoms with Gasteiger partial charge in [-0.05, 0) is 49.9 Å². The first-order valence-electron chi connectivity index (χ1n) is 8.15. The number of carbonyl (C=O) groups excluding carboxylic acids is 1. The van der Waals surface area contributed by atoms with E-state index >= 15 is 0 Å². The Balaban J connectivity index is 0.00000225. The van der Waals surface area contributed by atoms with Gasteiger partial charge in [-0.2, -0.15) is 0 Å². The second kappa shape index (κ2) is 7.79. The zero-order valence-electron chi connectivity index (χ0n) is 15.0. The maximum Gasteiger partial charge on any atom is 0.251 e. The second-order valence-corrected chi connectivity index (χ2v) is 6.22. The van der Waals surface area contributed by atoms with Crippen LogP contribution in [0.2, 0.25) is 0 Å². The lowest BCUT2D eigenvalue weighted by Gasteiger charge is -2.17. The normalized spacial score (nSPS) is 13.0. The van der Waals surface area contributed by atoms with Crippen LogP contribution in [0.15, 0.2) is 30.3 Å². The van der Waals surface area contributed by atoms with Crippen LogP contribution in [0.25, 0.3) is 0 Å². The number of rotatable bonds is 4. The molecule has 134 valence electrons. The summed E-state index contributed by atoms with van der Waals surface area (Å²) in [6, 6.07) is 9.36. The van der Waals surface area contributed by atoms with Crippen molar-refractivity contribution in [3.63, 3.8) is 0 Å². The van der Waals surface area contributed by atoms with Gasteiger partial charge in [-0.15, -0.1) is 12.4 Å². The molecule has 1 amide bonds. The van der Waals surface area contributed by atoms with Crippen molar-refractivity contribution in [1.82, 2.24) is 5.32 Å². The highest BCUT2D eigenvalue weighted by Crippen LogP contribution is 2.42. The molecule has 0 saturated carbocycles. The van der Waals surface area contributed by atoms with Gasteiger partial charge in [0.15, 0.2) is 0 Å². The van der Waals surface area contributed by atoms with Crippen molar-refractivity contribution in [2.75, 3.05) is 14.2 Å². The fraction of sp³-hybridized carbons (Fsp3) is 0.350. The van der Waals surface area contributed by atoms with Crippen molar-refractivity contribution in [3.05, 3.63) is 58.1 Å². The van der Waals surface area contributed by atoms with Crippen LogP contribution in [0.5, 0.6) is 11.5 Å². The van der Waals surface area contributed by atoms with Crippen LogP contribution in [0, 0.1) is 13.8 Å². The molecule has 0 unspecified atom stereocenters. The molecule has 2 aromatic rings. The van der Waals surface area contributed by atoms with Crippen molar-refractivity contribution in [2.45, 2.75) is 32.7 Å². The maximum absolute atomic E-state index is 12.4. The second-order valence-electron chi connectivity index (χ2n) is 6.22. The predicted octanol–water partition coefficient (Wildman–Crippen LogP) is 3.64. The highest BCUT2D eigenvalue weighted by Gasteiger charge is 2.31. The molecule has 1 aliphatic rings. The minimum atomic E-state index is -0.0419. The van der Waals surface area contributed by atoms with E-state index in [2.05, 4.69) is 5.32 Å². The molecule has 0 heterocycles. The fourth-order valence-corrected chi connectivity index (χ4v) is 3.58. The van der Waals surface area contributed by atoms with Gasteiger partial charge in [-0.3, -0.25) is 4.79 Å². The number of nitrogens with one attached hydrogen (secondary N) is 1.